The Morgan fingerprint density at radius 3 is 2.70 bits per heavy atom. The summed E-state index contributed by atoms with van der Waals surface area (Å²) in [6.07, 6.45) is 5.98. The molecule has 0 fully saturated rings. The number of nitrogens with two attached hydrogens (primary N) is 1. The number of benzene rings is 1. The van der Waals surface area contributed by atoms with Crippen molar-refractivity contribution in [3.8, 4) is 11.3 Å². The molecule has 0 saturated carbocycles. The number of fused-ring (bicyclic) bond motifs is 1. The van der Waals surface area contributed by atoms with Gasteiger partial charge in [0.15, 0.2) is 0 Å². The highest BCUT2D eigenvalue weighted by Gasteiger charge is 2.15. The third-order valence-electron chi connectivity index (χ3n) is 4.43. The molecule has 0 atom stereocenters. The summed E-state index contributed by atoms with van der Waals surface area (Å²) in [5.74, 6) is 0. The lowest BCUT2D eigenvalue weighted by Gasteiger charge is -2.16. The summed E-state index contributed by atoms with van der Waals surface area (Å²) < 4.78 is 1.98. The lowest BCUT2D eigenvalue weighted by Crippen LogP contribution is -2.08. The van der Waals surface area contributed by atoms with Crippen LogP contribution in [0.5, 0.6) is 0 Å². The molecule has 0 amide bonds. The molecular formula is C17H23N3. The van der Waals surface area contributed by atoms with Gasteiger partial charge in [0, 0.05) is 24.7 Å². The summed E-state index contributed by atoms with van der Waals surface area (Å²) in [7, 11) is 2.01. The molecule has 1 aliphatic rings. The smallest absolute Gasteiger partial charge is 0.0955 e. The van der Waals surface area contributed by atoms with Crippen molar-refractivity contribution in [1.29, 1.82) is 0 Å². The number of hydrogen-bond acceptors (Lipinski definition) is 2. The first kappa shape index (κ1) is 13.4. The summed E-state index contributed by atoms with van der Waals surface area (Å²) in [6, 6.07) is 6.86. The van der Waals surface area contributed by atoms with Crippen molar-refractivity contribution < 1.29 is 0 Å². The van der Waals surface area contributed by atoms with Gasteiger partial charge in [-0.1, -0.05) is 12.1 Å². The molecule has 0 saturated heterocycles. The lowest BCUT2D eigenvalue weighted by atomic mass is 9.89. The van der Waals surface area contributed by atoms with Crippen molar-refractivity contribution in [1.82, 2.24) is 9.78 Å². The van der Waals surface area contributed by atoms with E-state index >= 15 is 0 Å². The normalized spacial score (nSPS) is 14.3. The summed E-state index contributed by atoms with van der Waals surface area (Å²) in [4.78, 5) is 0. The van der Waals surface area contributed by atoms with Crippen LogP contribution in [0.1, 0.15) is 35.2 Å². The standard InChI is InChI=1S/C17H23N3/c1-12-16(9-10-18)20(2)19-17(12)15-8-7-13-5-3-4-6-14(13)11-15/h7-8,11H,3-6,9-10,18H2,1-2H3. The van der Waals surface area contributed by atoms with Crippen molar-refractivity contribution in [3.05, 3.63) is 40.6 Å². The lowest BCUT2D eigenvalue weighted by molar-refractivity contribution is 0.685. The topological polar surface area (TPSA) is 43.8 Å². The van der Waals surface area contributed by atoms with Crippen LogP contribution in [0, 0.1) is 6.92 Å². The molecule has 3 heteroatoms. The summed E-state index contributed by atoms with van der Waals surface area (Å²) in [5, 5.41) is 4.71. The Hall–Kier alpha value is -1.61. The van der Waals surface area contributed by atoms with Gasteiger partial charge in [-0.15, -0.1) is 0 Å². The van der Waals surface area contributed by atoms with Crippen molar-refractivity contribution in [3.63, 3.8) is 0 Å². The zero-order chi connectivity index (χ0) is 14.1. The quantitative estimate of drug-likeness (QED) is 0.931. The van der Waals surface area contributed by atoms with E-state index in [1.807, 2.05) is 11.7 Å². The maximum Gasteiger partial charge on any atom is 0.0955 e. The monoisotopic (exact) mass is 269 g/mol. The summed E-state index contributed by atoms with van der Waals surface area (Å²) in [5.41, 5.74) is 13.6. The zero-order valence-corrected chi connectivity index (χ0v) is 12.4. The van der Waals surface area contributed by atoms with Crippen LogP contribution in [0.2, 0.25) is 0 Å². The second-order valence-electron chi connectivity index (χ2n) is 5.77. The fourth-order valence-corrected chi connectivity index (χ4v) is 3.31. The fraction of sp³-hybridized carbons (Fsp3) is 0.471. The Morgan fingerprint density at radius 1 is 1.20 bits per heavy atom. The van der Waals surface area contributed by atoms with Gasteiger partial charge in [-0.3, -0.25) is 4.68 Å². The minimum atomic E-state index is 0.671. The minimum Gasteiger partial charge on any atom is -0.330 e. The van der Waals surface area contributed by atoms with Crippen molar-refractivity contribution >= 4 is 0 Å². The van der Waals surface area contributed by atoms with Crippen LogP contribution in [0.3, 0.4) is 0 Å². The Kier molecular flexibility index (Phi) is 3.62. The van der Waals surface area contributed by atoms with Gasteiger partial charge in [0.1, 0.15) is 0 Å². The first-order valence-electron chi connectivity index (χ1n) is 7.55. The second-order valence-corrected chi connectivity index (χ2v) is 5.77. The van der Waals surface area contributed by atoms with Gasteiger partial charge in [-0.25, -0.2) is 0 Å². The minimum absolute atomic E-state index is 0.671. The third-order valence-corrected chi connectivity index (χ3v) is 4.43. The molecule has 106 valence electrons. The third kappa shape index (κ3) is 2.27. The number of aryl methyl sites for hydroxylation is 3. The van der Waals surface area contributed by atoms with E-state index in [-0.39, 0.29) is 0 Å². The first-order valence-corrected chi connectivity index (χ1v) is 7.55. The van der Waals surface area contributed by atoms with Gasteiger partial charge in [0.05, 0.1) is 5.69 Å². The van der Waals surface area contributed by atoms with Gasteiger partial charge >= 0.3 is 0 Å². The average molecular weight is 269 g/mol. The first-order chi connectivity index (χ1) is 9.70. The fourth-order valence-electron chi connectivity index (χ4n) is 3.31. The van der Waals surface area contributed by atoms with Gasteiger partial charge in [0.25, 0.3) is 0 Å². The van der Waals surface area contributed by atoms with E-state index in [4.69, 9.17) is 10.8 Å². The molecule has 3 rings (SSSR count). The van der Waals surface area contributed by atoms with Gasteiger partial charge in [0.2, 0.25) is 0 Å². The Labute approximate surface area is 120 Å². The summed E-state index contributed by atoms with van der Waals surface area (Å²) >= 11 is 0. The molecular weight excluding hydrogens is 246 g/mol. The van der Waals surface area contributed by atoms with E-state index in [1.54, 1.807) is 0 Å². The van der Waals surface area contributed by atoms with Crippen LogP contribution in [0.25, 0.3) is 11.3 Å². The van der Waals surface area contributed by atoms with Gasteiger partial charge in [-0.05, 0) is 61.9 Å². The van der Waals surface area contributed by atoms with E-state index in [1.165, 1.54) is 53.6 Å². The molecule has 1 aromatic heterocycles. The van der Waals surface area contributed by atoms with E-state index in [2.05, 4.69) is 25.1 Å². The maximum atomic E-state index is 5.70. The highest BCUT2D eigenvalue weighted by molar-refractivity contribution is 5.65. The predicted molar refractivity (Wildman–Crippen MR) is 82.8 cm³/mol. The van der Waals surface area contributed by atoms with Crippen molar-refractivity contribution in [2.45, 2.75) is 39.0 Å². The molecule has 2 aromatic rings. The molecule has 0 radical (unpaired) electrons. The molecule has 0 spiro atoms. The largest absolute Gasteiger partial charge is 0.330 e. The molecule has 3 nitrogen and oxygen atoms in total. The maximum absolute atomic E-state index is 5.70. The number of aromatic nitrogens is 2. The van der Waals surface area contributed by atoms with Crippen molar-refractivity contribution in [2.24, 2.45) is 12.8 Å². The van der Waals surface area contributed by atoms with Crippen LogP contribution in [0.4, 0.5) is 0 Å². The number of nitrogens with zero attached hydrogens (tertiary/aromatic N) is 2. The molecule has 1 aromatic carbocycles. The van der Waals surface area contributed by atoms with E-state index in [0.717, 1.165) is 12.1 Å². The van der Waals surface area contributed by atoms with Crippen molar-refractivity contribution in [2.75, 3.05) is 6.54 Å². The van der Waals surface area contributed by atoms with E-state index < -0.39 is 0 Å². The molecule has 0 bridgehead atoms. The molecule has 1 aliphatic carbocycles. The van der Waals surface area contributed by atoms with Crippen LogP contribution >= 0.6 is 0 Å². The van der Waals surface area contributed by atoms with Crippen LogP contribution in [-0.2, 0) is 26.3 Å². The van der Waals surface area contributed by atoms with Crippen LogP contribution in [0.15, 0.2) is 18.2 Å². The molecule has 2 N–H and O–H groups in total. The predicted octanol–water partition coefficient (Wildman–Crippen LogP) is 2.78. The SMILES string of the molecule is Cc1c(-c2ccc3c(c2)CCCC3)nn(C)c1CCN. The van der Waals surface area contributed by atoms with E-state index in [0.29, 0.717) is 6.54 Å². The van der Waals surface area contributed by atoms with Crippen LogP contribution in [-0.4, -0.2) is 16.3 Å². The van der Waals surface area contributed by atoms with E-state index in [9.17, 15) is 0 Å². The zero-order valence-electron chi connectivity index (χ0n) is 12.4. The Morgan fingerprint density at radius 2 is 1.95 bits per heavy atom. The van der Waals surface area contributed by atoms with Gasteiger partial charge in [-0.2, -0.15) is 5.10 Å². The Balaban J connectivity index is 2.03. The van der Waals surface area contributed by atoms with Gasteiger partial charge < -0.3 is 5.73 Å². The summed E-state index contributed by atoms with van der Waals surface area (Å²) in [6.45, 7) is 2.83. The van der Waals surface area contributed by atoms with Crippen LogP contribution < -0.4 is 5.73 Å². The molecule has 0 unspecified atom stereocenters. The number of hydrogen-bond donors (Lipinski definition) is 1. The Bertz CT molecular complexity index is 625. The highest BCUT2D eigenvalue weighted by atomic mass is 15.3. The number of rotatable bonds is 3. The average Bonchev–Trinajstić information content (AvgIpc) is 2.75. The molecule has 1 heterocycles. The second kappa shape index (κ2) is 5.41. The highest BCUT2D eigenvalue weighted by Crippen LogP contribution is 2.29. The molecule has 0 aliphatic heterocycles. The molecule has 20 heavy (non-hydrogen) atoms.